The fraction of sp³-hybridized carbons (Fsp3) is 0.545. The van der Waals surface area contributed by atoms with E-state index in [1.165, 1.54) is 11.3 Å². The van der Waals surface area contributed by atoms with Crippen molar-refractivity contribution in [1.82, 2.24) is 5.32 Å². The third-order valence-electron chi connectivity index (χ3n) is 2.51. The van der Waals surface area contributed by atoms with Crippen molar-refractivity contribution in [2.45, 2.75) is 32.4 Å². The minimum Gasteiger partial charge on any atom is -0.389 e. The summed E-state index contributed by atoms with van der Waals surface area (Å²) in [6.45, 7) is 4.92. The normalized spacial score (nSPS) is 14.7. The Balaban J connectivity index is 2.40. The molecule has 0 aromatic carbocycles. The molecule has 0 bridgehead atoms. The molecule has 1 heterocycles. The monoisotopic (exact) mass is 242 g/mol. The molecule has 5 heteroatoms. The van der Waals surface area contributed by atoms with Gasteiger partial charge < -0.3 is 16.2 Å². The third kappa shape index (κ3) is 3.92. The van der Waals surface area contributed by atoms with Crippen LogP contribution in [0.1, 0.15) is 35.5 Å². The Labute approximate surface area is 99.5 Å². The maximum Gasteiger partial charge on any atom is 0.249 e. The van der Waals surface area contributed by atoms with Crippen LogP contribution in [0.15, 0.2) is 11.4 Å². The Bertz CT molecular complexity index is 361. The molecule has 1 aromatic rings. The lowest BCUT2D eigenvalue weighted by atomic mass is 10.0. The molecule has 1 aromatic heterocycles. The van der Waals surface area contributed by atoms with E-state index in [0.717, 1.165) is 4.88 Å². The standard InChI is InChI=1S/C11H18N2O2S/c1-3-11(2,15)7-13-5-9-4-8(6-16-9)10(12)14/h4,6,13,15H,3,5,7H2,1-2H3,(H2,12,14). The van der Waals surface area contributed by atoms with Crippen LogP contribution in [-0.4, -0.2) is 23.2 Å². The summed E-state index contributed by atoms with van der Waals surface area (Å²) in [4.78, 5) is 11.9. The summed E-state index contributed by atoms with van der Waals surface area (Å²) >= 11 is 1.49. The van der Waals surface area contributed by atoms with Gasteiger partial charge in [-0.3, -0.25) is 4.79 Å². The summed E-state index contributed by atoms with van der Waals surface area (Å²) in [6.07, 6.45) is 0.705. The third-order valence-corrected chi connectivity index (χ3v) is 3.44. The molecule has 0 fully saturated rings. The van der Waals surface area contributed by atoms with E-state index in [1.807, 2.05) is 6.92 Å². The van der Waals surface area contributed by atoms with Crippen LogP contribution in [0.2, 0.25) is 0 Å². The molecule has 0 saturated heterocycles. The largest absolute Gasteiger partial charge is 0.389 e. The number of aliphatic hydroxyl groups is 1. The van der Waals surface area contributed by atoms with Gasteiger partial charge in [0.1, 0.15) is 0 Å². The smallest absolute Gasteiger partial charge is 0.249 e. The Kier molecular flexibility index (Phi) is 4.46. The molecule has 0 aliphatic carbocycles. The summed E-state index contributed by atoms with van der Waals surface area (Å²) in [5, 5.41) is 14.7. The van der Waals surface area contributed by atoms with Crippen LogP contribution in [0.25, 0.3) is 0 Å². The van der Waals surface area contributed by atoms with Crippen molar-refractivity contribution in [1.29, 1.82) is 0 Å². The molecule has 1 amide bonds. The molecule has 1 rings (SSSR count). The first kappa shape index (κ1) is 13.2. The molecule has 0 spiro atoms. The van der Waals surface area contributed by atoms with Crippen molar-refractivity contribution in [2.24, 2.45) is 5.73 Å². The molecule has 4 nitrogen and oxygen atoms in total. The van der Waals surface area contributed by atoms with E-state index in [4.69, 9.17) is 5.73 Å². The first-order valence-corrected chi connectivity index (χ1v) is 6.13. The van der Waals surface area contributed by atoms with E-state index in [9.17, 15) is 9.90 Å². The van der Waals surface area contributed by atoms with Crippen molar-refractivity contribution in [3.8, 4) is 0 Å². The zero-order valence-corrected chi connectivity index (χ0v) is 10.4. The molecule has 4 N–H and O–H groups in total. The maximum atomic E-state index is 10.9. The molecule has 0 aliphatic heterocycles. The quantitative estimate of drug-likeness (QED) is 0.699. The van der Waals surface area contributed by atoms with E-state index in [2.05, 4.69) is 5.32 Å². The number of nitrogens with two attached hydrogens (primary N) is 1. The second-order valence-corrected chi connectivity index (χ2v) is 5.12. The SMILES string of the molecule is CCC(C)(O)CNCc1cc(C(N)=O)cs1. The number of thiophene rings is 1. The van der Waals surface area contributed by atoms with Crippen molar-refractivity contribution in [2.75, 3.05) is 6.54 Å². The fourth-order valence-corrected chi connectivity index (χ4v) is 2.03. The number of amides is 1. The molecular weight excluding hydrogens is 224 g/mol. The second-order valence-electron chi connectivity index (χ2n) is 4.12. The van der Waals surface area contributed by atoms with Gasteiger partial charge in [-0.05, 0) is 19.4 Å². The van der Waals surface area contributed by atoms with E-state index in [0.29, 0.717) is 25.1 Å². The summed E-state index contributed by atoms with van der Waals surface area (Å²) in [5.41, 5.74) is 5.02. The molecule has 1 atom stereocenters. The topological polar surface area (TPSA) is 75.3 Å². The van der Waals surface area contributed by atoms with Crippen LogP contribution in [-0.2, 0) is 6.54 Å². The van der Waals surface area contributed by atoms with Crippen LogP contribution >= 0.6 is 11.3 Å². The van der Waals surface area contributed by atoms with Gasteiger partial charge in [-0.25, -0.2) is 0 Å². The van der Waals surface area contributed by atoms with Gasteiger partial charge in [0.05, 0.1) is 11.2 Å². The Morgan fingerprint density at radius 2 is 2.38 bits per heavy atom. The predicted molar refractivity (Wildman–Crippen MR) is 65.5 cm³/mol. The number of hydrogen-bond acceptors (Lipinski definition) is 4. The minimum atomic E-state index is -0.677. The lowest BCUT2D eigenvalue weighted by Crippen LogP contribution is -2.36. The minimum absolute atomic E-state index is 0.400. The van der Waals surface area contributed by atoms with Crippen LogP contribution < -0.4 is 11.1 Å². The van der Waals surface area contributed by atoms with Crippen molar-refractivity contribution in [3.63, 3.8) is 0 Å². The Morgan fingerprint density at radius 3 is 2.88 bits per heavy atom. The van der Waals surface area contributed by atoms with Crippen LogP contribution in [0.4, 0.5) is 0 Å². The van der Waals surface area contributed by atoms with Gasteiger partial charge in [-0.15, -0.1) is 11.3 Å². The molecule has 0 aliphatic rings. The molecule has 0 saturated carbocycles. The van der Waals surface area contributed by atoms with E-state index in [-0.39, 0.29) is 0 Å². The van der Waals surface area contributed by atoms with Gasteiger partial charge in [0.2, 0.25) is 5.91 Å². The summed E-state index contributed by atoms with van der Waals surface area (Å²) in [7, 11) is 0. The highest BCUT2D eigenvalue weighted by Gasteiger charge is 2.16. The van der Waals surface area contributed by atoms with E-state index >= 15 is 0 Å². The zero-order valence-electron chi connectivity index (χ0n) is 9.62. The number of hydrogen-bond donors (Lipinski definition) is 3. The van der Waals surface area contributed by atoms with E-state index in [1.54, 1.807) is 18.4 Å². The van der Waals surface area contributed by atoms with Crippen LogP contribution in [0.5, 0.6) is 0 Å². The average molecular weight is 242 g/mol. The highest BCUT2D eigenvalue weighted by Crippen LogP contribution is 2.14. The van der Waals surface area contributed by atoms with Gasteiger partial charge in [0, 0.05) is 23.3 Å². The van der Waals surface area contributed by atoms with Crippen LogP contribution in [0.3, 0.4) is 0 Å². The average Bonchev–Trinajstić information content (AvgIpc) is 2.66. The maximum absolute atomic E-state index is 10.9. The summed E-state index contributed by atoms with van der Waals surface area (Å²) in [6, 6.07) is 1.78. The Hall–Kier alpha value is -0.910. The molecule has 90 valence electrons. The molecule has 0 radical (unpaired) electrons. The van der Waals surface area contributed by atoms with Gasteiger partial charge in [-0.2, -0.15) is 0 Å². The lowest BCUT2D eigenvalue weighted by Gasteiger charge is -2.21. The first-order chi connectivity index (χ1) is 7.44. The number of nitrogens with one attached hydrogen (secondary N) is 1. The van der Waals surface area contributed by atoms with Gasteiger partial charge >= 0.3 is 0 Å². The zero-order chi connectivity index (χ0) is 12.2. The summed E-state index contributed by atoms with van der Waals surface area (Å²) < 4.78 is 0. The predicted octanol–water partition coefficient (Wildman–Crippen LogP) is 1.10. The number of carbonyl (C=O) groups excluding carboxylic acids is 1. The summed E-state index contributed by atoms with van der Waals surface area (Å²) in [5.74, 6) is -0.400. The fourth-order valence-electron chi connectivity index (χ4n) is 1.18. The first-order valence-electron chi connectivity index (χ1n) is 5.25. The second kappa shape index (κ2) is 5.43. The van der Waals surface area contributed by atoms with Gasteiger partial charge in [0.25, 0.3) is 0 Å². The highest BCUT2D eigenvalue weighted by atomic mass is 32.1. The molecule has 1 unspecified atom stereocenters. The number of primary amides is 1. The lowest BCUT2D eigenvalue weighted by molar-refractivity contribution is 0.0556. The number of rotatable bonds is 6. The van der Waals surface area contributed by atoms with E-state index < -0.39 is 11.5 Å². The van der Waals surface area contributed by atoms with Crippen molar-refractivity contribution in [3.05, 3.63) is 21.9 Å². The van der Waals surface area contributed by atoms with Crippen molar-refractivity contribution < 1.29 is 9.90 Å². The highest BCUT2D eigenvalue weighted by molar-refractivity contribution is 7.10. The van der Waals surface area contributed by atoms with Gasteiger partial charge in [0.15, 0.2) is 0 Å². The molecule has 16 heavy (non-hydrogen) atoms. The van der Waals surface area contributed by atoms with Crippen LogP contribution in [0, 0.1) is 0 Å². The van der Waals surface area contributed by atoms with Gasteiger partial charge in [-0.1, -0.05) is 6.92 Å². The number of carbonyl (C=O) groups is 1. The van der Waals surface area contributed by atoms with Crippen molar-refractivity contribution >= 4 is 17.2 Å². The Morgan fingerprint density at radius 1 is 1.69 bits per heavy atom. The molecular formula is C11H18N2O2S.